The van der Waals surface area contributed by atoms with E-state index in [-0.39, 0.29) is 11.7 Å². The maximum atomic E-state index is 12.4. The molecule has 1 atom stereocenters. The minimum atomic E-state index is 0.0874. The quantitative estimate of drug-likeness (QED) is 0.765. The summed E-state index contributed by atoms with van der Waals surface area (Å²) < 4.78 is 5.50. The summed E-state index contributed by atoms with van der Waals surface area (Å²) in [6.07, 6.45) is 2.90. The summed E-state index contributed by atoms with van der Waals surface area (Å²) in [6, 6.07) is 8.60. The average molecular weight is 373 g/mol. The minimum Gasteiger partial charge on any atom is -0.495 e. The number of para-hydroxylation sites is 2. The smallest absolute Gasteiger partial charge is 0.223 e. The molecule has 0 saturated carbocycles. The van der Waals surface area contributed by atoms with Gasteiger partial charge in [-0.1, -0.05) is 12.1 Å². The van der Waals surface area contributed by atoms with Crippen molar-refractivity contribution in [3.63, 3.8) is 0 Å². The molecule has 1 amide bonds. The Hall–Kier alpha value is -2.08. The van der Waals surface area contributed by atoms with Gasteiger partial charge in [-0.3, -0.25) is 9.69 Å². The number of carbonyl (C=O) groups is 2. The number of ketones is 1. The molecule has 2 aliphatic rings. The van der Waals surface area contributed by atoms with Gasteiger partial charge in [-0.2, -0.15) is 0 Å². The molecule has 27 heavy (non-hydrogen) atoms. The van der Waals surface area contributed by atoms with E-state index in [1.54, 1.807) is 14.0 Å². The maximum Gasteiger partial charge on any atom is 0.223 e. The van der Waals surface area contributed by atoms with Crippen molar-refractivity contribution in [3.8, 4) is 5.75 Å². The Bertz CT molecular complexity index is 656. The highest BCUT2D eigenvalue weighted by atomic mass is 16.5. The lowest BCUT2D eigenvalue weighted by Crippen LogP contribution is -2.55. The van der Waals surface area contributed by atoms with Crippen LogP contribution < -0.4 is 9.64 Å². The van der Waals surface area contributed by atoms with Gasteiger partial charge >= 0.3 is 0 Å². The zero-order valence-corrected chi connectivity index (χ0v) is 16.5. The molecule has 0 aliphatic carbocycles. The fourth-order valence-corrected chi connectivity index (χ4v) is 4.14. The van der Waals surface area contributed by atoms with Crippen molar-refractivity contribution in [1.29, 1.82) is 0 Å². The van der Waals surface area contributed by atoms with Gasteiger partial charge in [0, 0.05) is 58.2 Å². The van der Waals surface area contributed by atoms with Crippen LogP contribution in [0.2, 0.25) is 0 Å². The van der Waals surface area contributed by atoms with E-state index in [4.69, 9.17) is 4.74 Å². The SMILES string of the molecule is COc1ccccc1N1CCN(C2CCCN(C(=O)CCC(C)=O)C2)CC1. The van der Waals surface area contributed by atoms with E-state index in [1.165, 1.54) is 0 Å². The number of methoxy groups -OCH3 is 1. The number of carbonyl (C=O) groups excluding carboxylic acids is 2. The van der Waals surface area contributed by atoms with Crippen LogP contribution >= 0.6 is 0 Å². The van der Waals surface area contributed by atoms with Gasteiger partial charge in [0.2, 0.25) is 5.91 Å². The number of likely N-dealkylation sites (tertiary alicyclic amines) is 1. The third-order valence-corrected chi connectivity index (χ3v) is 5.70. The van der Waals surface area contributed by atoms with E-state index in [0.717, 1.165) is 63.5 Å². The first-order chi connectivity index (χ1) is 13.1. The Kier molecular flexibility index (Phi) is 6.72. The van der Waals surface area contributed by atoms with Gasteiger partial charge in [0.05, 0.1) is 12.8 Å². The fraction of sp³-hybridized carbons (Fsp3) is 0.619. The predicted octanol–water partition coefficient (Wildman–Crippen LogP) is 2.18. The molecule has 6 heteroatoms. The first-order valence-corrected chi connectivity index (χ1v) is 9.97. The third kappa shape index (κ3) is 5.01. The van der Waals surface area contributed by atoms with Crippen LogP contribution in [0.15, 0.2) is 24.3 Å². The molecule has 6 nitrogen and oxygen atoms in total. The molecule has 3 rings (SSSR count). The molecular formula is C21H31N3O3. The topological polar surface area (TPSA) is 53.1 Å². The summed E-state index contributed by atoms with van der Waals surface area (Å²) >= 11 is 0. The number of piperazine rings is 1. The molecule has 0 radical (unpaired) electrons. The second kappa shape index (κ2) is 9.22. The molecule has 0 aromatic heterocycles. The van der Waals surface area contributed by atoms with Crippen molar-refractivity contribution in [2.24, 2.45) is 0 Å². The van der Waals surface area contributed by atoms with E-state index in [1.807, 2.05) is 17.0 Å². The summed E-state index contributed by atoms with van der Waals surface area (Å²) in [5.41, 5.74) is 1.16. The number of anilines is 1. The predicted molar refractivity (Wildman–Crippen MR) is 106 cm³/mol. The number of rotatable bonds is 6. The molecule has 2 fully saturated rings. The van der Waals surface area contributed by atoms with E-state index < -0.39 is 0 Å². The Morgan fingerprint density at radius 3 is 2.52 bits per heavy atom. The largest absolute Gasteiger partial charge is 0.495 e. The lowest BCUT2D eigenvalue weighted by Gasteiger charge is -2.44. The normalized spacial score (nSPS) is 21.2. The van der Waals surface area contributed by atoms with Crippen LogP contribution in [0.4, 0.5) is 5.69 Å². The molecule has 2 aliphatic heterocycles. The van der Waals surface area contributed by atoms with Crippen LogP contribution in [0.25, 0.3) is 0 Å². The van der Waals surface area contributed by atoms with Crippen LogP contribution in [-0.4, -0.2) is 73.9 Å². The molecule has 0 bridgehead atoms. The maximum absolute atomic E-state index is 12.4. The second-order valence-corrected chi connectivity index (χ2v) is 7.53. The lowest BCUT2D eigenvalue weighted by molar-refractivity contribution is -0.135. The Labute approximate surface area is 162 Å². The molecule has 2 saturated heterocycles. The number of benzene rings is 1. The number of piperidine rings is 1. The fourth-order valence-electron chi connectivity index (χ4n) is 4.14. The van der Waals surface area contributed by atoms with E-state index in [2.05, 4.69) is 21.9 Å². The van der Waals surface area contributed by atoms with Crippen molar-refractivity contribution in [1.82, 2.24) is 9.80 Å². The van der Waals surface area contributed by atoms with Crippen molar-refractivity contribution >= 4 is 17.4 Å². The number of nitrogens with zero attached hydrogens (tertiary/aromatic N) is 3. The molecule has 1 unspecified atom stereocenters. The Morgan fingerprint density at radius 2 is 1.81 bits per heavy atom. The zero-order chi connectivity index (χ0) is 19.2. The number of Topliss-reactive ketones (excluding diaryl/α,β-unsaturated/α-hetero) is 1. The highest BCUT2D eigenvalue weighted by molar-refractivity contribution is 5.83. The lowest BCUT2D eigenvalue weighted by atomic mass is 10.0. The Morgan fingerprint density at radius 1 is 1.07 bits per heavy atom. The summed E-state index contributed by atoms with van der Waals surface area (Å²) in [4.78, 5) is 30.4. The van der Waals surface area contributed by atoms with Gasteiger partial charge in [-0.05, 0) is 31.9 Å². The van der Waals surface area contributed by atoms with Crippen LogP contribution in [-0.2, 0) is 9.59 Å². The summed E-state index contributed by atoms with van der Waals surface area (Å²) in [5, 5.41) is 0. The molecule has 2 heterocycles. The molecule has 0 spiro atoms. The van der Waals surface area contributed by atoms with Crippen LogP contribution in [0.5, 0.6) is 5.75 Å². The van der Waals surface area contributed by atoms with Gasteiger partial charge in [-0.25, -0.2) is 0 Å². The van der Waals surface area contributed by atoms with Crippen molar-refractivity contribution < 1.29 is 14.3 Å². The molecule has 0 N–H and O–H groups in total. The van der Waals surface area contributed by atoms with Gasteiger partial charge in [-0.15, -0.1) is 0 Å². The monoisotopic (exact) mass is 373 g/mol. The average Bonchev–Trinajstić information content (AvgIpc) is 2.72. The van der Waals surface area contributed by atoms with Gasteiger partial charge in [0.25, 0.3) is 0 Å². The number of ether oxygens (including phenoxy) is 1. The van der Waals surface area contributed by atoms with E-state index in [9.17, 15) is 9.59 Å². The van der Waals surface area contributed by atoms with Crippen LogP contribution in [0.3, 0.4) is 0 Å². The number of amides is 1. The highest BCUT2D eigenvalue weighted by Crippen LogP contribution is 2.29. The molecule has 148 valence electrons. The van der Waals surface area contributed by atoms with E-state index >= 15 is 0 Å². The molecule has 1 aromatic carbocycles. The van der Waals surface area contributed by atoms with Gasteiger partial charge in [0.1, 0.15) is 11.5 Å². The van der Waals surface area contributed by atoms with Crippen LogP contribution in [0.1, 0.15) is 32.6 Å². The first-order valence-electron chi connectivity index (χ1n) is 9.97. The second-order valence-electron chi connectivity index (χ2n) is 7.53. The highest BCUT2D eigenvalue weighted by Gasteiger charge is 2.30. The van der Waals surface area contributed by atoms with Gasteiger partial charge in [0.15, 0.2) is 0 Å². The molecular weight excluding hydrogens is 342 g/mol. The third-order valence-electron chi connectivity index (χ3n) is 5.70. The Balaban J connectivity index is 1.53. The summed E-state index contributed by atoms with van der Waals surface area (Å²) in [6.45, 7) is 7.11. The summed E-state index contributed by atoms with van der Waals surface area (Å²) in [5.74, 6) is 1.14. The van der Waals surface area contributed by atoms with Crippen molar-refractivity contribution in [2.45, 2.75) is 38.6 Å². The van der Waals surface area contributed by atoms with E-state index in [0.29, 0.717) is 18.9 Å². The van der Waals surface area contributed by atoms with Crippen LogP contribution in [0, 0.1) is 0 Å². The number of hydrogen-bond donors (Lipinski definition) is 0. The standard InChI is InChI=1S/C21H31N3O3/c1-17(25)9-10-21(26)24-11-5-6-18(16-24)22-12-14-23(15-13-22)19-7-3-4-8-20(19)27-2/h3-4,7-8,18H,5-6,9-16H2,1-2H3. The van der Waals surface area contributed by atoms with Gasteiger partial charge < -0.3 is 19.3 Å². The summed E-state index contributed by atoms with van der Waals surface area (Å²) in [7, 11) is 1.72. The zero-order valence-electron chi connectivity index (χ0n) is 16.5. The van der Waals surface area contributed by atoms with Crippen molar-refractivity contribution in [3.05, 3.63) is 24.3 Å². The minimum absolute atomic E-state index is 0.0874. The first kappa shape index (κ1) is 19.7. The molecule has 1 aromatic rings. The number of hydrogen-bond acceptors (Lipinski definition) is 5. The van der Waals surface area contributed by atoms with Crippen molar-refractivity contribution in [2.75, 3.05) is 51.3 Å².